The second-order valence-electron chi connectivity index (χ2n) is 6.17. The molecule has 1 saturated carbocycles. The Labute approximate surface area is 105 Å². The highest BCUT2D eigenvalue weighted by Crippen LogP contribution is 2.33. The van der Waals surface area contributed by atoms with Gasteiger partial charge in [-0.1, -0.05) is 43.5 Å². The molecule has 0 aliphatic heterocycles. The zero-order valence-electron chi connectivity index (χ0n) is 11.4. The monoisotopic (exact) mass is 231 g/mol. The van der Waals surface area contributed by atoms with E-state index in [4.69, 9.17) is 5.73 Å². The maximum atomic E-state index is 6.60. The molecule has 94 valence electrons. The van der Waals surface area contributed by atoms with Crippen molar-refractivity contribution in [2.75, 3.05) is 0 Å². The molecule has 17 heavy (non-hydrogen) atoms. The Morgan fingerprint density at radius 2 is 2.12 bits per heavy atom. The molecule has 1 aromatic rings. The quantitative estimate of drug-likeness (QED) is 0.824. The van der Waals surface area contributed by atoms with Crippen LogP contribution in [0.1, 0.15) is 49.3 Å². The fourth-order valence-electron chi connectivity index (χ4n) is 3.23. The molecule has 2 rings (SSSR count). The lowest BCUT2D eigenvalue weighted by Gasteiger charge is -2.37. The molecule has 0 bridgehead atoms. The van der Waals surface area contributed by atoms with Gasteiger partial charge in [0.1, 0.15) is 0 Å². The minimum atomic E-state index is 0.0379. The van der Waals surface area contributed by atoms with E-state index in [0.717, 1.165) is 12.3 Å². The summed E-state index contributed by atoms with van der Waals surface area (Å²) in [4.78, 5) is 0. The van der Waals surface area contributed by atoms with Crippen molar-refractivity contribution in [3.05, 3.63) is 34.9 Å². The Hall–Kier alpha value is -0.820. The molecule has 2 unspecified atom stereocenters. The van der Waals surface area contributed by atoms with Crippen LogP contribution in [-0.2, 0) is 6.42 Å². The normalized spacial score (nSPS) is 29.3. The molecule has 0 amide bonds. The Bertz CT molecular complexity index is 397. The van der Waals surface area contributed by atoms with Gasteiger partial charge in [0.05, 0.1) is 0 Å². The third-order valence-corrected chi connectivity index (χ3v) is 4.17. The van der Waals surface area contributed by atoms with Gasteiger partial charge >= 0.3 is 0 Å². The summed E-state index contributed by atoms with van der Waals surface area (Å²) in [7, 11) is 0. The first-order chi connectivity index (χ1) is 7.98. The molecule has 2 N–H and O–H groups in total. The van der Waals surface area contributed by atoms with Crippen molar-refractivity contribution in [1.29, 1.82) is 0 Å². The van der Waals surface area contributed by atoms with Gasteiger partial charge in [-0.25, -0.2) is 0 Å². The largest absolute Gasteiger partial charge is 0.325 e. The Morgan fingerprint density at radius 3 is 2.82 bits per heavy atom. The highest BCUT2D eigenvalue weighted by molar-refractivity contribution is 5.32. The third kappa shape index (κ3) is 3.10. The van der Waals surface area contributed by atoms with Crippen LogP contribution >= 0.6 is 0 Å². The Balaban J connectivity index is 2.16. The van der Waals surface area contributed by atoms with E-state index in [1.165, 1.54) is 42.4 Å². The van der Waals surface area contributed by atoms with Crippen molar-refractivity contribution in [2.45, 2.75) is 58.4 Å². The molecular weight excluding hydrogens is 206 g/mol. The number of hydrogen-bond donors (Lipinski definition) is 1. The van der Waals surface area contributed by atoms with Gasteiger partial charge in [-0.2, -0.15) is 0 Å². The lowest BCUT2D eigenvalue weighted by atomic mass is 9.73. The minimum Gasteiger partial charge on any atom is -0.325 e. The van der Waals surface area contributed by atoms with Crippen LogP contribution in [0.3, 0.4) is 0 Å². The van der Waals surface area contributed by atoms with Crippen LogP contribution in [0.4, 0.5) is 0 Å². The smallest absolute Gasteiger partial charge is 0.0197 e. The molecule has 1 heteroatoms. The molecule has 0 aromatic heterocycles. The molecule has 2 atom stereocenters. The van der Waals surface area contributed by atoms with E-state index < -0.39 is 0 Å². The second kappa shape index (κ2) is 4.81. The first-order valence-corrected chi connectivity index (χ1v) is 6.83. The van der Waals surface area contributed by atoms with E-state index in [9.17, 15) is 0 Å². The van der Waals surface area contributed by atoms with Crippen molar-refractivity contribution >= 4 is 0 Å². The summed E-state index contributed by atoms with van der Waals surface area (Å²) in [5.41, 5.74) is 10.8. The standard InChI is InChI=1S/C16H25N/c1-12-6-7-14(3)15(9-12)11-16(17)8-4-5-13(2)10-16/h6-7,9,13H,4-5,8,10-11,17H2,1-3H3. The summed E-state index contributed by atoms with van der Waals surface area (Å²) < 4.78 is 0. The fourth-order valence-corrected chi connectivity index (χ4v) is 3.23. The van der Waals surface area contributed by atoms with E-state index in [2.05, 4.69) is 39.0 Å². The highest BCUT2D eigenvalue weighted by Gasteiger charge is 2.31. The molecule has 0 radical (unpaired) electrons. The third-order valence-electron chi connectivity index (χ3n) is 4.17. The molecule has 1 nitrogen and oxygen atoms in total. The SMILES string of the molecule is Cc1ccc(C)c(CC2(N)CCCC(C)C2)c1. The number of hydrogen-bond acceptors (Lipinski definition) is 1. The van der Waals surface area contributed by atoms with E-state index in [0.29, 0.717) is 0 Å². The summed E-state index contributed by atoms with van der Waals surface area (Å²) in [6, 6.07) is 6.72. The van der Waals surface area contributed by atoms with Crippen molar-refractivity contribution in [2.24, 2.45) is 11.7 Å². The average Bonchev–Trinajstić information content (AvgIpc) is 2.22. The molecule has 1 aliphatic rings. The van der Waals surface area contributed by atoms with Crippen LogP contribution in [-0.4, -0.2) is 5.54 Å². The Morgan fingerprint density at radius 1 is 1.35 bits per heavy atom. The van der Waals surface area contributed by atoms with Crippen molar-refractivity contribution in [3.8, 4) is 0 Å². The van der Waals surface area contributed by atoms with Gasteiger partial charge in [0.25, 0.3) is 0 Å². The number of aryl methyl sites for hydroxylation is 2. The molecule has 1 fully saturated rings. The Kier molecular flexibility index (Phi) is 3.58. The van der Waals surface area contributed by atoms with Gasteiger partial charge in [-0.15, -0.1) is 0 Å². The van der Waals surface area contributed by atoms with Crippen LogP contribution in [0.5, 0.6) is 0 Å². The van der Waals surface area contributed by atoms with E-state index >= 15 is 0 Å². The number of nitrogens with two attached hydrogens (primary N) is 1. The van der Waals surface area contributed by atoms with Gasteiger partial charge in [-0.3, -0.25) is 0 Å². The van der Waals surface area contributed by atoms with Crippen molar-refractivity contribution in [1.82, 2.24) is 0 Å². The van der Waals surface area contributed by atoms with E-state index in [1.807, 2.05) is 0 Å². The maximum Gasteiger partial charge on any atom is 0.0197 e. The molecule has 0 heterocycles. The first kappa shape index (κ1) is 12.6. The zero-order valence-corrected chi connectivity index (χ0v) is 11.4. The van der Waals surface area contributed by atoms with E-state index in [1.54, 1.807) is 0 Å². The topological polar surface area (TPSA) is 26.0 Å². The lowest BCUT2D eigenvalue weighted by molar-refractivity contribution is 0.235. The first-order valence-electron chi connectivity index (χ1n) is 6.83. The van der Waals surface area contributed by atoms with Crippen molar-refractivity contribution < 1.29 is 0 Å². The van der Waals surface area contributed by atoms with Gasteiger partial charge in [0, 0.05) is 5.54 Å². The van der Waals surface area contributed by atoms with Gasteiger partial charge in [0.15, 0.2) is 0 Å². The van der Waals surface area contributed by atoms with Crippen LogP contribution in [0.2, 0.25) is 0 Å². The summed E-state index contributed by atoms with van der Waals surface area (Å²) in [6.07, 6.45) is 6.06. The average molecular weight is 231 g/mol. The summed E-state index contributed by atoms with van der Waals surface area (Å²) in [5.74, 6) is 0.791. The predicted molar refractivity (Wildman–Crippen MR) is 74.2 cm³/mol. The van der Waals surface area contributed by atoms with E-state index in [-0.39, 0.29) is 5.54 Å². The van der Waals surface area contributed by atoms with Crippen LogP contribution < -0.4 is 5.73 Å². The summed E-state index contributed by atoms with van der Waals surface area (Å²) in [5, 5.41) is 0. The zero-order chi connectivity index (χ0) is 12.5. The van der Waals surface area contributed by atoms with Gasteiger partial charge in [-0.05, 0) is 50.2 Å². The van der Waals surface area contributed by atoms with Crippen LogP contribution in [0, 0.1) is 19.8 Å². The maximum absolute atomic E-state index is 6.60. The van der Waals surface area contributed by atoms with Gasteiger partial charge in [0.2, 0.25) is 0 Å². The highest BCUT2D eigenvalue weighted by atomic mass is 14.7. The number of rotatable bonds is 2. The summed E-state index contributed by atoms with van der Waals surface area (Å²) >= 11 is 0. The molecule has 0 saturated heterocycles. The lowest BCUT2D eigenvalue weighted by Crippen LogP contribution is -2.46. The van der Waals surface area contributed by atoms with Crippen LogP contribution in [0.15, 0.2) is 18.2 Å². The summed E-state index contributed by atoms with van der Waals surface area (Å²) in [6.45, 7) is 6.70. The predicted octanol–water partition coefficient (Wildman–Crippen LogP) is 3.75. The number of benzene rings is 1. The molecule has 1 aliphatic carbocycles. The minimum absolute atomic E-state index is 0.0379. The van der Waals surface area contributed by atoms with Crippen LogP contribution in [0.25, 0.3) is 0 Å². The molecule has 0 spiro atoms. The second-order valence-corrected chi connectivity index (χ2v) is 6.17. The fraction of sp³-hybridized carbons (Fsp3) is 0.625. The molecule has 1 aromatic carbocycles. The van der Waals surface area contributed by atoms with Gasteiger partial charge < -0.3 is 5.73 Å². The molecular formula is C16H25N. The van der Waals surface area contributed by atoms with Crippen molar-refractivity contribution in [3.63, 3.8) is 0 Å².